The van der Waals surface area contributed by atoms with Crippen LogP contribution in [-0.4, -0.2) is 60.6 Å². The zero-order valence-electron chi connectivity index (χ0n) is 10.0. The Balaban J connectivity index is 1.97. The fourth-order valence-electron chi connectivity index (χ4n) is 2.07. The van der Waals surface area contributed by atoms with Crippen LogP contribution in [0.1, 0.15) is 11.7 Å². The van der Waals surface area contributed by atoms with Gasteiger partial charge in [-0.2, -0.15) is 0 Å². The molecule has 0 spiro atoms. The fourth-order valence-corrected chi connectivity index (χ4v) is 2.07. The molecule has 2 rings (SSSR count). The summed E-state index contributed by atoms with van der Waals surface area (Å²) in [4.78, 5) is 15.7. The number of carboxylic acid groups (broad SMARTS) is 1. The fraction of sp³-hybridized carbons (Fsp3) is 0.583. The van der Waals surface area contributed by atoms with Gasteiger partial charge in [-0.25, -0.2) is 0 Å². The lowest BCUT2D eigenvalue weighted by molar-refractivity contribution is -0.139. The van der Waals surface area contributed by atoms with E-state index >= 15 is 0 Å². The van der Waals surface area contributed by atoms with E-state index < -0.39 is 11.9 Å². The monoisotopic (exact) mass is 238 g/mol. The highest BCUT2D eigenvalue weighted by molar-refractivity contribution is 5.75. The average molecular weight is 238 g/mol. The Kier molecular flexibility index (Phi) is 3.81. The second kappa shape index (κ2) is 5.33. The second-order valence-electron chi connectivity index (χ2n) is 4.51. The molecule has 1 aromatic rings. The number of aliphatic carboxylic acids is 1. The van der Waals surface area contributed by atoms with E-state index in [2.05, 4.69) is 16.8 Å². The lowest BCUT2D eigenvalue weighted by Gasteiger charge is -2.33. The van der Waals surface area contributed by atoms with Crippen LogP contribution in [0, 0.1) is 0 Å². The van der Waals surface area contributed by atoms with E-state index in [1.54, 1.807) is 12.1 Å². The van der Waals surface area contributed by atoms with Crippen LogP contribution in [0.3, 0.4) is 0 Å². The maximum atomic E-state index is 11.2. The summed E-state index contributed by atoms with van der Waals surface area (Å²) in [6.07, 6.45) is 1.52. The van der Waals surface area contributed by atoms with Crippen molar-refractivity contribution in [2.24, 2.45) is 0 Å². The third-order valence-electron chi connectivity index (χ3n) is 3.22. The summed E-state index contributed by atoms with van der Waals surface area (Å²) in [6, 6.07) is 3.46. The molecule has 1 aliphatic rings. The molecule has 0 aromatic carbocycles. The predicted molar refractivity (Wildman–Crippen MR) is 63.0 cm³/mol. The lowest BCUT2D eigenvalue weighted by atomic mass is 10.1. The first-order valence-corrected chi connectivity index (χ1v) is 5.84. The second-order valence-corrected chi connectivity index (χ2v) is 4.51. The van der Waals surface area contributed by atoms with E-state index in [1.807, 2.05) is 0 Å². The van der Waals surface area contributed by atoms with Gasteiger partial charge >= 0.3 is 5.97 Å². The summed E-state index contributed by atoms with van der Waals surface area (Å²) in [7, 11) is 2.08. The van der Waals surface area contributed by atoms with Crippen molar-refractivity contribution >= 4 is 5.97 Å². The first kappa shape index (κ1) is 12.1. The van der Waals surface area contributed by atoms with Crippen molar-refractivity contribution < 1.29 is 14.3 Å². The van der Waals surface area contributed by atoms with E-state index in [-0.39, 0.29) is 0 Å². The molecule has 0 aliphatic carbocycles. The average Bonchev–Trinajstić information content (AvgIpc) is 2.81. The van der Waals surface area contributed by atoms with Crippen LogP contribution >= 0.6 is 0 Å². The van der Waals surface area contributed by atoms with Gasteiger partial charge in [0.1, 0.15) is 11.7 Å². The van der Waals surface area contributed by atoms with Crippen molar-refractivity contribution in [1.29, 1.82) is 0 Å². The molecular weight excluding hydrogens is 220 g/mol. The van der Waals surface area contributed by atoms with Gasteiger partial charge in [0.15, 0.2) is 0 Å². The van der Waals surface area contributed by atoms with Gasteiger partial charge in [-0.15, -0.1) is 0 Å². The molecule has 0 amide bonds. The predicted octanol–water partition coefficient (Wildman–Crippen LogP) is 0.695. The summed E-state index contributed by atoms with van der Waals surface area (Å²) in [5.41, 5.74) is 0. The van der Waals surface area contributed by atoms with Crippen LogP contribution < -0.4 is 0 Å². The van der Waals surface area contributed by atoms with Gasteiger partial charge in [0.2, 0.25) is 0 Å². The number of hydrogen-bond acceptors (Lipinski definition) is 4. The van der Waals surface area contributed by atoms with Gasteiger partial charge < -0.3 is 14.4 Å². The van der Waals surface area contributed by atoms with Crippen LogP contribution in [0.4, 0.5) is 0 Å². The Morgan fingerprint density at radius 2 is 2.18 bits per heavy atom. The van der Waals surface area contributed by atoms with Crippen molar-refractivity contribution in [2.75, 3.05) is 39.8 Å². The maximum Gasteiger partial charge on any atom is 0.315 e. The number of rotatable bonds is 4. The smallest absolute Gasteiger partial charge is 0.315 e. The third-order valence-corrected chi connectivity index (χ3v) is 3.22. The molecule has 2 heterocycles. The van der Waals surface area contributed by atoms with E-state index in [9.17, 15) is 9.90 Å². The minimum Gasteiger partial charge on any atom is -0.481 e. The zero-order chi connectivity index (χ0) is 12.3. The van der Waals surface area contributed by atoms with Crippen LogP contribution in [0.5, 0.6) is 0 Å². The number of carbonyl (C=O) groups is 1. The van der Waals surface area contributed by atoms with Crippen LogP contribution in [0.15, 0.2) is 22.8 Å². The Bertz CT molecular complexity index is 356. The molecule has 5 heteroatoms. The molecule has 1 saturated heterocycles. The number of piperazine rings is 1. The molecule has 1 atom stereocenters. The summed E-state index contributed by atoms with van der Waals surface area (Å²) in [5, 5.41) is 9.23. The van der Waals surface area contributed by atoms with Gasteiger partial charge in [0.05, 0.1) is 6.26 Å². The van der Waals surface area contributed by atoms with Crippen molar-refractivity contribution in [3.05, 3.63) is 24.2 Å². The molecule has 17 heavy (non-hydrogen) atoms. The van der Waals surface area contributed by atoms with Crippen molar-refractivity contribution in [3.63, 3.8) is 0 Å². The number of nitrogens with zero attached hydrogens (tertiary/aromatic N) is 2. The Morgan fingerprint density at radius 1 is 1.47 bits per heavy atom. The summed E-state index contributed by atoms with van der Waals surface area (Å²) in [6.45, 7) is 4.34. The highest BCUT2D eigenvalue weighted by Crippen LogP contribution is 2.18. The highest BCUT2D eigenvalue weighted by Gasteiger charge is 2.26. The molecule has 1 unspecified atom stereocenters. The zero-order valence-corrected chi connectivity index (χ0v) is 10.0. The van der Waals surface area contributed by atoms with Crippen LogP contribution in [0.2, 0.25) is 0 Å². The number of carboxylic acids is 1. The Hall–Kier alpha value is -1.33. The molecule has 1 fully saturated rings. The van der Waals surface area contributed by atoms with Crippen molar-refractivity contribution in [1.82, 2.24) is 9.80 Å². The van der Waals surface area contributed by atoms with Crippen LogP contribution in [-0.2, 0) is 4.79 Å². The first-order valence-electron chi connectivity index (χ1n) is 5.84. The summed E-state index contributed by atoms with van der Waals surface area (Å²) in [5.74, 6) is -0.844. The van der Waals surface area contributed by atoms with Gasteiger partial charge in [0, 0.05) is 32.7 Å². The lowest BCUT2D eigenvalue weighted by Crippen LogP contribution is -2.46. The van der Waals surface area contributed by atoms with Gasteiger partial charge in [-0.1, -0.05) is 0 Å². The Labute approximate surface area is 101 Å². The molecule has 1 N–H and O–H groups in total. The summed E-state index contributed by atoms with van der Waals surface area (Å²) < 4.78 is 5.20. The van der Waals surface area contributed by atoms with E-state index in [1.165, 1.54) is 6.26 Å². The molecular formula is C12H18N2O3. The van der Waals surface area contributed by atoms with Gasteiger partial charge in [-0.05, 0) is 19.2 Å². The van der Waals surface area contributed by atoms with Gasteiger partial charge in [0.25, 0.3) is 0 Å². The minimum atomic E-state index is -0.820. The number of hydrogen-bond donors (Lipinski definition) is 1. The van der Waals surface area contributed by atoms with E-state index in [0.717, 1.165) is 26.2 Å². The van der Waals surface area contributed by atoms with E-state index in [0.29, 0.717) is 12.3 Å². The maximum absolute atomic E-state index is 11.2. The summed E-state index contributed by atoms with van der Waals surface area (Å²) >= 11 is 0. The van der Waals surface area contributed by atoms with Crippen molar-refractivity contribution in [3.8, 4) is 0 Å². The molecule has 0 bridgehead atoms. The normalized spacial score (nSPS) is 20.3. The van der Waals surface area contributed by atoms with Gasteiger partial charge in [-0.3, -0.25) is 9.69 Å². The molecule has 94 valence electrons. The molecule has 1 aliphatic heterocycles. The topological polar surface area (TPSA) is 56.9 Å². The number of likely N-dealkylation sites (N-methyl/N-ethyl adjacent to an activating group) is 1. The molecule has 0 saturated carbocycles. The standard InChI is InChI=1S/C12H18N2O3/c1-13-4-6-14(7-5-13)9-10(12(15)16)11-3-2-8-17-11/h2-3,8,10H,4-7,9H2,1H3,(H,15,16). The molecule has 5 nitrogen and oxygen atoms in total. The molecule has 1 aromatic heterocycles. The minimum absolute atomic E-state index is 0.524. The third kappa shape index (κ3) is 3.08. The van der Waals surface area contributed by atoms with E-state index in [4.69, 9.17) is 4.42 Å². The largest absolute Gasteiger partial charge is 0.481 e. The SMILES string of the molecule is CN1CCN(CC(C(=O)O)c2ccco2)CC1. The molecule has 0 radical (unpaired) electrons. The van der Waals surface area contributed by atoms with Crippen molar-refractivity contribution in [2.45, 2.75) is 5.92 Å². The van der Waals surface area contributed by atoms with Crippen LogP contribution in [0.25, 0.3) is 0 Å². The Morgan fingerprint density at radius 3 is 2.71 bits per heavy atom. The first-order chi connectivity index (χ1) is 8.16. The highest BCUT2D eigenvalue weighted by atomic mass is 16.4. The number of furan rings is 1. The quantitative estimate of drug-likeness (QED) is 0.836.